The first-order chi connectivity index (χ1) is 12.4. The van der Waals surface area contributed by atoms with Gasteiger partial charge in [0, 0.05) is 0 Å². The van der Waals surface area contributed by atoms with Gasteiger partial charge in [0.25, 0.3) is 0 Å². The average Bonchev–Trinajstić information content (AvgIpc) is 2.98. The van der Waals surface area contributed by atoms with E-state index < -0.39 is 0 Å². The molecule has 0 saturated heterocycles. The maximum atomic E-state index is 9.56. The summed E-state index contributed by atoms with van der Waals surface area (Å²) in [5, 5.41) is 10.4. The quantitative estimate of drug-likeness (QED) is 0.557. The van der Waals surface area contributed by atoms with Crippen molar-refractivity contribution >= 4 is 45.9 Å². The lowest BCUT2D eigenvalue weighted by Gasteiger charge is -2.13. The summed E-state index contributed by atoms with van der Waals surface area (Å²) in [6.07, 6.45) is 1.65. The van der Waals surface area contributed by atoms with Crippen LogP contribution >= 0.6 is 23.2 Å². The van der Waals surface area contributed by atoms with Crippen molar-refractivity contribution in [3.8, 4) is 11.8 Å². The molecule has 1 heterocycles. The molecule has 2 aromatic carbocycles. The van der Waals surface area contributed by atoms with Gasteiger partial charge in [-0.25, -0.2) is 4.98 Å². The van der Waals surface area contributed by atoms with Crippen LogP contribution in [0.3, 0.4) is 0 Å². The highest BCUT2D eigenvalue weighted by Crippen LogP contribution is 2.36. The van der Waals surface area contributed by atoms with Crippen LogP contribution in [0.25, 0.3) is 22.7 Å². The molecule has 26 heavy (non-hydrogen) atoms. The third-order valence-electron chi connectivity index (χ3n) is 3.70. The Hall–Kier alpha value is -2.48. The highest BCUT2D eigenvalue weighted by Gasteiger charge is 2.13. The minimum Gasteiger partial charge on any atom is -0.488 e. The van der Waals surface area contributed by atoms with Crippen molar-refractivity contribution in [3.63, 3.8) is 0 Å². The number of nitrogens with one attached hydrogen (secondary N) is 1. The van der Waals surface area contributed by atoms with E-state index in [0.29, 0.717) is 32.8 Å². The third-order valence-corrected chi connectivity index (χ3v) is 4.26. The highest BCUT2D eigenvalue weighted by atomic mass is 35.5. The number of nitriles is 1. The molecular weight excluding hydrogens is 369 g/mol. The smallest absolute Gasteiger partial charge is 0.156 e. The average molecular weight is 386 g/mol. The summed E-state index contributed by atoms with van der Waals surface area (Å²) in [5.41, 5.74) is 3.91. The summed E-state index contributed by atoms with van der Waals surface area (Å²) >= 11 is 12.6. The predicted molar refractivity (Wildman–Crippen MR) is 107 cm³/mol. The Morgan fingerprint density at radius 3 is 2.54 bits per heavy atom. The molecule has 6 heteroatoms. The molecule has 0 spiro atoms. The number of imidazole rings is 1. The molecular formula is C20H17Cl2N3O. The molecule has 0 fully saturated rings. The largest absolute Gasteiger partial charge is 0.488 e. The fourth-order valence-corrected chi connectivity index (χ4v) is 3.18. The minimum absolute atomic E-state index is 0.0416. The molecule has 4 nitrogen and oxygen atoms in total. The molecule has 3 aromatic rings. The van der Waals surface area contributed by atoms with Gasteiger partial charge in [-0.3, -0.25) is 0 Å². The van der Waals surface area contributed by atoms with Crippen LogP contribution in [0.4, 0.5) is 0 Å². The van der Waals surface area contributed by atoms with Crippen molar-refractivity contribution < 1.29 is 4.74 Å². The highest BCUT2D eigenvalue weighted by molar-refractivity contribution is 6.37. The van der Waals surface area contributed by atoms with Crippen molar-refractivity contribution in [2.45, 2.75) is 26.9 Å². The number of benzene rings is 2. The molecule has 0 atom stereocenters. The van der Waals surface area contributed by atoms with Crippen LogP contribution in [0.1, 0.15) is 30.8 Å². The van der Waals surface area contributed by atoms with Gasteiger partial charge in [-0.1, -0.05) is 29.3 Å². The van der Waals surface area contributed by atoms with Crippen molar-refractivity contribution in [1.29, 1.82) is 5.26 Å². The lowest BCUT2D eigenvalue weighted by atomic mass is 10.1. The van der Waals surface area contributed by atoms with E-state index >= 15 is 0 Å². The maximum Gasteiger partial charge on any atom is 0.156 e. The van der Waals surface area contributed by atoms with Crippen molar-refractivity contribution in [3.05, 3.63) is 57.3 Å². The fraction of sp³-hybridized carbons (Fsp3) is 0.200. The number of ether oxygens (including phenoxy) is 1. The van der Waals surface area contributed by atoms with E-state index in [1.807, 2.05) is 39.0 Å². The number of aromatic amines is 1. The third kappa shape index (κ3) is 3.85. The zero-order valence-electron chi connectivity index (χ0n) is 14.6. The molecule has 0 aliphatic carbocycles. The van der Waals surface area contributed by atoms with E-state index in [2.05, 4.69) is 16.0 Å². The molecule has 0 aliphatic rings. The molecule has 3 rings (SSSR count). The number of hydrogen-bond donors (Lipinski definition) is 1. The number of aromatic nitrogens is 2. The van der Waals surface area contributed by atoms with Crippen molar-refractivity contribution in [2.24, 2.45) is 0 Å². The van der Waals surface area contributed by atoms with Gasteiger partial charge < -0.3 is 9.72 Å². The molecule has 0 aliphatic heterocycles. The Labute approximate surface area is 162 Å². The first kappa shape index (κ1) is 18.3. The first-order valence-electron chi connectivity index (χ1n) is 8.11. The van der Waals surface area contributed by atoms with Gasteiger partial charge >= 0.3 is 0 Å². The summed E-state index contributed by atoms with van der Waals surface area (Å²) in [7, 11) is 0. The Balaban J connectivity index is 2.02. The Morgan fingerprint density at radius 1 is 1.23 bits per heavy atom. The Bertz CT molecular complexity index is 1020. The molecule has 0 radical (unpaired) electrons. The molecule has 132 valence electrons. The number of halogens is 2. The van der Waals surface area contributed by atoms with Gasteiger partial charge in [0.15, 0.2) is 5.75 Å². The van der Waals surface area contributed by atoms with E-state index in [-0.39, 0.29) is 6.10 Å². The van der Waals surface area contributed by atoms with Gasteiger partial charge in [-0.05, 0) is 62.2 Å². The number of rotatable bonds is 4. The predicted octanol–water partition coefficient (Wildman–Crippen LogP) is 6.03. The summed E-state index contributed by atoms with van der Waals surface area (Å²) in [5.74, 6) is 0.945. The topological polar surface area (TPSA) is 61.7 Å². The molecule has 0 unspecified atom stereocenters. The normalized spacial score (nSPS) is 11.8. The fourth-order valence-electron chi connectivity index (χ4n) is 2.58. The maximum absolute atomic E-state index is 9.56. The van der Waals surface area contributed by atoms with Crippen LogP contribution < -0.4 is 4.74 Å². The zero-order chi connectivity index (χ0) is 18.8. The van der Waals surface area contributed by atoms with Crippen LogP contribution in [-0.2, 0) is 0 Å². The number of hydrogen-bond acceptors (Lipinski definition) is 3. The van der Waals surface area contributed by atoms with Crippen LogP contribution in [0.15, 0.2) is 30.3 Å². The van der Waals surface area contributed by atoms with Crippen molar-refractivity contribution in [2.75, 3.05) is 0 Å². The second-order valence-electron chi connectivity index (χ2n) is 6.26. The van der Waals surface area contributed by atoms with E-state index in [0.717, 1.165) is 16.6 Å². The molecule has 0 bridgehead atoms. The summed E-state index contributed by atoms with van der Waals surface area (Å²) in [6.45, 7) is 5.81. The summed E-state index contributed by atoms with van der Waals surface area (Å²) < 4.78 is 5.63. The molecule has 1 aromatic heterocycles. The van der Waals surface area contributed by atoms with Gasteiger partial charge in [-0.15, -0.1) is 0 Å². The SMILES string of the molecule is Cc1ccc2nc(/C(C#N)=C\c3cc(Cl)c(OC(C)C)c(Cl)c3)[nH]c2c1. The van der Waals surface area contributed by atoms with Crippen LogP contribution in [-0.4, -0.2) is 16.1 Å². The number of aryl methyl sites for hydroxylation is 1. The van der Waals surface area contributed by atoms with E-state index in [1.54, 1.807) is 18.2 Å². The Kier molecular flexibility index (Phi) is 5.22. The van der Waals surface area contributed by atoms with Gasteiger partial charge in [-0.2, -0.15) is 5.26 Å². The van der Waals surface area contributed by atoms with E-state index in [4.69, 9.17) is 27.9 Å². The van der Waals surface area contributed by atoms with Gasteiger partial charge in [0.1, 0.15) is 11.9 Å². The number of nitrogens with zero attached hydrogens (tertiary/aromatic N) is 2. The standard InChI is InChI=1S/C20H17Cl2N3O/c1-11(2)26-19-15(21)8-13(9-16(19)22)7-14(10-23)20-24-17-5-4-12(3)6-18(17)25-20/h4-9,11H,1-3H3,(H,24,25)/b14-7-. The summed E-state index contributed by atoms with van der Waals surface area (Å²) in [4.78, 5) is 7.67. The molecule has 0 saturated carbocycles. The number of fused-ring (bicyclic) bond motifs is 1. The zero-order valence-corrected chi connectivity index (χ0v) is 16.1. The first-order valence-corrected chi connectivity index (χ1v) is 8.87. The number of allylic oxidation sites excluding steroid dienone is 1. The minimum atomic E-state index is -0.0416. The monoisotopic (exact) mass is 385 g/mol. The lowest BCUT2D eigenvalue weighted by molar-refractivity contribution is 0.243. The number of H-pyrrole nitrogens is 1. The molecule has 1 N–H and O–H groups in total. The van der Waals surface area contributed by atoms with Crippen molar-refractivity contribution in [1.82, 2.24) is 9.97 Å². The van der Waals surface area contributed by atoms with Crippen LogP contribution in [0, 0.1) is 18.3 Å². The van der Waals surface area contributed by atoms with E-state index in [1.165, 1.54) is 0 Å². The van der Waals surface area contributed by atoms with Gasteiger partial charge in [0.05, 0.1) is 32.8 Å². The van der Waals surface area contributed by atoms with Crippen LogP contribution in [0.5, 0.6) is 5.75 Å². The second kappa shape index (κ2) is 7.41. The van der Waals surface area contributed by atoms with Gasteiger partial charge in [0.2, 0.25) is 0 Å². The van der Waals surface area contributed by atoms with Crippen LogP contribution in [0.2, 0.25) is 10.0 Å². The van der Waals surface area contributed by atoms with E-state index in [9.17, 15) is 5.26 Å². The second-order valence-corrected chi connectivity index (χ2v) is 7.07. The summed E-state index contributed by atoms with van der Waals surface area (Å²) in [6, 6.07) is 11.5. The Morgan fingerprint density at radius 2 is 1.92 bits per heavy atom. The molecule has 0 amide bonds. The lowest BCUT2D eigenvalue weighted by Crippen LogP contribution is -2.06.